The van der Waals surface area contributed by atoms with Gasteiger partial charge in [0.2, 0.25) is 11.9 Å². The van der Waals surface area contributed by atoms with E-state index < -0.39 is 0 Å². The first-order valence-electron chi connectivity index (χ1n) is 9.40. The largest absolute Gasteiger partial charge is 0.353 e. The van der Waals surface area contributed by atoms with Crippen LogP contribution in [0.5, 0.6) is 0 Å². The fourth-order valence-corrected chi connectivity index (χ4v) is 3.65. The summed E-state index contributed by atoms with van der Waals surface area (Å²) >= 11 is 0. The molecule has 0 aliphatic carbocycles. The van der Waals surface area contributed by atoms with Gasteiger partial charge in [0, 0.05) is 57.8 Å². The summed E-state index contributed by atoms with van der Waals surface area (Å²) in [7, 11) is 0. The molecule has 0 radical (unpaired) electrons. The number of aromatic nitrogens is 2. The minimum absolute atomic E-state index is 0.148. The van der Waals surface area contributed by atoms with Gasteiger partial charge in [0.15, 0.2) is 0 Å². The number of carbonyl (C=O) groups excluding carboxylic acids is 1. The van der Waals surface area contributed by atoms with Gasteiger partial charge < -0.3 is 14.7 Å². The monoisotopic (exact) mass is 351 g/mol. The van der Waals surface area contributed by atoms with E-state index in [0.717, 1.165) is 62.3 Å². The van der Waals surface area contributed by atoms with E-state index in [9.17, 15) is 4.79 Å². The number of benzene rings is 1. The van der Waals surface area contributed by atoms with Crippen LogP contribution in [-0.4, -0.2) is 60.0 Å². The van der Waals surface area contributed by atoms with Crippen molar-refractivity contribution < 1.29 is 4.79 Å². The van der Waals surface area contributed by atoms with Gasteiger partial charge in [-0.3, -0.25) is 4.79 Å². The molecule has 2 aliphatic rings. The Balaban J connectivity index is 1.65. The number of nitrogens with zero attached hydrogens (tertiary/aromatic N) is 5. The molecule has 1 aromatic carbocycles. The second-order valence-electron chi connectivity index (χ2n) is 6.96. The van der Waals surface area contributed by atoms with E-state index in [-0.39, 0.29) is 5.91 Å². The summed E-state index contributed by atoms with van der Waals surface area (Å²) in [5, 5.41) is 0. The zero-order valence-corrected chi connectivity index (χ0v) is 15.3. The zero-order chi connectivity index (χ0) is 17.9. The molecule has 26 heavy (non-hydrogen) atoms. The molecule has 2 saturated heterocycles. The summed E-state index contributed by atoms with van der Waals surface area (Å²) < 4.78 is 0. The van der Waals surface area contributed by atoms with Crippen LogP contribution in [0.25, 0.3) is 11.3 Å². The summed E-state index contributed by atoms with van der Waals surface area (Å²) in [6, 6.07) is 12.4. The molecule has 0 unspecified atom stereocenters. The lowest BCUT2D eigenvalue weighted by Gasteiger charge is -2.35. The van der Waals surface area contributed by atoms with Crippen LogP contribution in [0.3, 0.4) is 0 Å². The summed E-state index contributed by atoms with van der Waals surface area (Å²) in [6.45, 7) is 6.80. The minimum atomic E-state index is 0.148. The van der Waals surface area contributed by atoms with Crippen molar-refractivity contribution in [3.8, 4) is 11.3 Å². The number of rotatable bonds is 3. The number of anilines is 2. The lowest BCUT2D eigenvalue weighted by atomic mass is 10.1. The topological polar surface area (TPSA) is 52.6 Å². The summed E-state index contributed by atoms with van der Waals surface area (Å²) in [5.74, 6) is 1.94. The molecule has 6 nitrogen and oxygen atoms in total. The van der Waals surface area contributed by atoms with E-state index in [1.165, 1.54) is 12.8 Å². The maximum absolute atomic E-state index is 11.6. The van der Waals surface area contributed by atoms with Crippen LogP contribution in [0.1, 0.15) is 19.8 Å². The van der Waals surface area contributed by atoms with Gasteiger partial charge in [-0.1, -0.05) is 30.3 Å². The van der Waals surface area contributed by atoms with Crippen molar-refractivity contribution in [3.05, 3.63) is 36.4 Å². The highest BCUT2D eigenvalue weighted by atomic mass is 16.2. The molecule has 2 aliphatic heterocycles. The maximum Gasteiger partial charge on any atom is 0.227 e. The Morgan fingerprint density at radius 2 is 1.58 bits per heavy atom. The number of piperazine rings is 1. The first-order valence-corrected chi connectivity index (χ1v) is 9.40. The third-order valence-electron chi connectivity index (χ3n) is 5.21. The van der Waals surface area contributed by atoms with E-state index in [2.05, 4.69) is 28.0 Å². The smallest absolute Gasteiger partial charge is 0.227 e. The number of amides is 1. The molecule has 3 heterocycles. The van der Waals surface area contributed by atoms with E-state index in [1.807, 2.05) is 23.1 Å². The average molecular weight is 351 g/mol. The van der Waals surface area contributed by atoms with Gasteiger partial charge in [-0.15, -0.1) is 0 Å². The highest BCUT2D eigenvalue weighted by molar-refractivity contribution is 5.73. The maximum atomic E-state index is 11.6. The van der Waals surface area contributed by atoms with Gasteiger partial charge in [0.05, 0.1) is 5.69 Å². The molecule has 2 fully saturated rings. The van der Waals surface area contributed by atoms with Crippen LogP contribution in [0.2, 0.25) is 0 Å². The Labute approximate surface area is 154 Å². The Bertz CT molecular complexity index is 765. The van der Waals surface area contributed by atoms with Crippen molar-refractivity contribution in [1.82, 2.24) is 14.9 Å². The summed E-state index contributed by atoms with van der Waals surface area (Å²) in [5.41, 5.74) is 2.07. The zero-order valence-electron chi connectivity index (χ0n) is 15.3. The van der Waals surface area contributed by atoms with Crippen LogP contribution < -0.4 is 9.80 Å². The molecular weight excluding hydrogens is 326 g/mol. The first-order chi connectivity index (χ1) is 12.7. The van der Waals surface area contributed by atoms with Crippen LogP contribution in [0, 0.1) is 0 Å². The Morgan fingerprint density at radius 3 is 2.23 bits per heavy atom. The van der Waals surface area contributed by atoms with Crippen molar-refractivity contribution in [2.24, 2.45) is 0 Å². The highest BCUT2D eigenvalue weighted by Crippen LogP contribution is 2.27. The van der Waals surface area contributed by atoms with Crippen LogP contribution in [0.15, 0.2) is 36.4 Å². The Morgan fingerprint density at radius 1 is 0.885 bits per heavy atom. The fourth-order valence-electron chi connectivity index (χ4n) is 3.65. The highest BCUT2D eigenvalue weighted by Gasteiger charge is 2.23. The normalized spacial score (nSPS) is 17.7. The van der Waals surface area contributed by atoms with Crippen molar-refractivity contribution in [2.75, 3.05) is 49.1 Å². The standard InChI is InChI=1S/C20H25N5O/c1-16(26)23-11-13-24(14-12-23)19-15-18(17-7-3-2-4-8-17)21-20(22-19)25-9-5-6-10-25/h2-4,7-8,15H,5-6,9-14H2,1H3. The fraction of sp³-hybridized carbons (Fsp3) is 0.450. The molecule has 6 heteroatoms. The third-order valence-corrected chi connectivity index (χ3v) is 5.21. The summed E-state index contributed by atoms with van der Waals surface area (Å²) in [4.78, 5) is 27.8. The molecule has 0 atom stereocenters. The van der Waals surface area contributed by atoms with Crippen LogP contribution in [-0.2, 0) is 4.79 Å². The van der Waals surface area contributed by atoms with E-state index in [0.29, 0.717) is 0 Å². The van der Waals surface area contributed by atoms with E-state index in [4.69, 9.17) is 9.97 Å². The van der Waals surface area contributed by atoms with Gasteiger partial charge in [0.1, 0.15) is 5.82 Å². The van der Waals surface area contributed by atoms with Crippen LogP contribution in [0.4, 0.5) is 11.8 Å². The molecule has 0 spiro atoms. The second-order valence-corrected chi connectivity index (χ2v) is 6.96. The molecule has 0 saturated carbocycles. The van der Waals surface area contributed by atoms with Gasteiger partial charge in [-0.05, 0) is 12.8 Å². The van der Waals surface area contributed by atoms with Gasteiger partial charge in [0.25, 0.3) is 0 Å². The average Bonchev–Trinajstić information content (AvgIpc) is 3.23. The third kappa shape index (κ3) is 3.49. The van der Waals surface area contributed by atoms with E-state index in [1.54, 1.807) is 6.92 Å². The molecule has 1 aromatic heterocycles. The predicted octanol–water partition coefficient (Wildman–Crippen LogP) is 2.41. The van der Waals surface area contributed by atoms with Crippen molar-refractivity contribution in [3.63, 3.8) is 0 Å². The number of hydrogen-bond donors (Lipinski definition) is 0. The molecule has 2 aromatic rings. The van der Waals surface area contributed by atoms with Gasteiger partial charge in [-0.2, -0.15) is 4.98 Å². The quantitative estimate of drug-likeness (QED) is 0.850. The molecule has 1 amide bonds. The molecule has 0 N–H and O–H groups in total. The molecule has 136 valence electrons. The SMILES string of the molecule is CC(=O)N1CCN(c2cc(-c3ccccc3)nc(N3CCCC3)n2)CC1. The number of hydrogen-bond acceptors (Lipinski definition) is 5. The summed E-state index contributed by atoms with van der Waals surface area (Å²) in [6.07, 6.45) is 2.40. The minimum Gasteiger partial charge on any atom is -0.353 e. The second kappa shape index (κ2) is 7.32. The predicted molar refractivity (Wildman–Crippen MR) is 103 cm³/mol. The van der Waals surface area contributed by atoms with Crippen molar-refractivity contribution in [2.45, 2.75) is 19.8 Å². The Kier molecular flexibility index (Phi) is 4.73. The van der Waals surface area contributed by atoms with Crippen molar-refractivity contribution >= 4 is 17.7 Å². The lowest BCUT2D eigenvalue weighted by molar-refractivity contribution is -0.129. The molecule has 0 bridgehead atoms. The first kappa shape index (κ1) is 16.8. The van der Waals surface area contributed by atoms with Crippen LogP contribution >= 0.6 is 0 Å². The van der Waals surface area contributed by atoms with Gasteiger partial charge >= 0.3 is 0 Å². The molecule has 4 rings (SSSR count). The lowest BCUT2D eigenvalue weighted by Crippen LogP contribution is -2.48. The Hall–Kier alpha value is -2.63. The van der Waals surface area contributed by atoms with Gasteiger partial charge in [-0.25, -0.2) is 4.98 Å². The van der Waals surface area contributed by atoms with Crippen molar-refractivity contribution in [1.29, 1.82) is 0 Å². The molecular formula is C20H25N5O. The number of carbonyl (C=O) groups is 1. The van der Waals surface area contributed by atoms with E-state index >= 15 is 0 Å².